The molecule has 3 rings (SSSR count). The van der Waals surface area contributed by atoms with Gasteiger partial charge in [0.25, 0.3) is 5.91 Å². The summed E-state index contributed by atoms with van der Waals surface area (Å²) in [6.45, 7) is 3.88. The van der Waals surface area contributed by atoms with Gasteiger partial charge in [-0.2, -0.15) is 0 Å². The molecular weight excluding hydrogens is 465 g/mol. The summed E-state index contributed by atoms with van der Waals surface area (Å²) in [5, 5.41) is 11.1. The number of anilines is 1. The van der Waals surface area contributed by atoms with Crippen LogP contribution in [-0.4, -0.2) is 78.7 Å². The van der Waals surface area contributed by atoms with Crippen LogP contribution in [0.5, 0.6) is 0 Å². The molecule has 2 aliphatic heterocycles. The molecule has 2 unspecified atom stereocenters. The second-order valence-electron chi connectivity index (χ2n) is 8.53. The first kappa shape index (κ1) is 25.9. The van der Waals surface area contributed by atoms with Crippen molar-refractivity contribution in [1.29, 1.82) is 0 Å². The first-order valence-electron chi connectivity index (χ1n) is 11.2. The van der Waals surface area contributed by atoms with Crippen molar-refractivity contribution in [3.8, 4) is 0 Å². The number of benzene rings is 1. The molecule has 2 fully saturated rings. The standard InChI is InChI=1S/C23H28FN3O8/c1-13-21(23(33)35-22(13)25-14(2)28)15-3-4-17(16(24)11-15)26-7-9-27(10-8-26)18(29)12-34-20(32)6-5-19(30)31/h3-4,11,13,21-22H,5-10,12H2,1-2H3,(H,25,28)(H,30,31)/t13?,21?,22-/m1/s1. The van der Waals surface area contributed by atoms with Gasteiger partial charge in [-0.3, -0.25) is 24.0 Å². The van der Waals surface area contributed by atoms with Gasteiger partial charge in [-0.25, -0.2) is 4.39 Å². The molecule has 11 nitrogen and oxygen atoms in total. The second kappa shape index (κ2) is 11.2. The van der Waals surface area contributed by atoms with Crippen LogP contribution in [-0.2, 0) is 33.4 Å². The third-order valence-corrected chi connectivity index (χ3v) is 6.05. The fourth-order valence-corrected chi connectivity index (χ4v) is 4.18. The van der Waals surface area contributed by atoms with Crippen molar-refractivity contribution in [3.63, 3.8) is 0 Å². The number of rotatable bonds is 8. The molecular formula is C23H28FN3O8. The van der Waals surface area contributed by atoms with Crippen molar-refractivity contribution >= 4 is 35.4 Å². The highest BCUT2D eigenvalue weighted by Gasteiger charge is 2.43. The van der Waals surface area contributed by atoms with Crippen LogP contribution < -0.4 is 10.2 Å². The minimum absolute atomic E-state index is 0.289. The van der Waals surface area contributed by atoms with E-state index in [1.165, 1.54) is 17.9 Å². The van der Waals surface area contributed by atoms with Gasteiger partial charge in [0.05, 0.1) is 24.4 Å². The lowest BCUT2D eigenvalue weighted by atomic mass is 9.88. The molecule has 1 aromatic carbocycles. The highest BCUT2D eigenvalue weighted by atomic mass is 19.1. The number of piperazine rings is 1. The van der Waals surface area contributed by atoms with Crippen LogP contribution in [0.1, 0.15) is 38.2 Å². The monoisotopic (exact) mass is 493 g/mol. The summed E-state index contributed by atoms with van der Waals surface area (Å²) in [5.74, 6) is -4.75. The Bertz CT molecular complexity index is 1010. The van der Waals surface area contributed by atoms with Crippen LogP contribution >= 0.6 is 0 Å². The average Bonchev–Trinajstić information content (AvgIpc) is 3.08. The molecule has 1 aromatic rings. The molecule has 2 aliphatic rings. The summed E-state index contributed by atoms with van der Waals surface area (Å²) in [6.07, 6.45) is -1.45. The van der Waals surface area contributed by atoms with Gasteiger partial charge in [-0.1, -0.05) is 13.0 Å². The number of cyclic esters (lactones) is 1. The molecule has 2 N–H and O–H groups in total. The van der Waals surface area contributed by atoms with Crippen LogP contribution in [0.15, 0.2) is 18.2 Å². The number of hydrogen-bond acceptors (Lipinski definition) is 8. The van der Waals surface area contributed by atoms with Gasteiger partial charge in [0, 0.05) is 39.0 Å². The predicted octanol–water partition coefficient (Wildman–Crippen LogP) is 0.621. The third-order valence-electron chi connectivity index (χ3n) is 6.05. The highest BCUT2D eigenvalue weighted by Crippen LogP contribution is 2.37. The summed E-state index contributed by atoms with van der Waals surface area (Å²) < 4.78 is 25.1. The number of esters is 2. The second-order valence-corrected chi connectivity index (χ2v) is 8.53. The van der Waals surface area contributed by atoms with E-state index in [1.54, 1.807) is 24.0 Å². The highest BCUT2D eigenvalue weighted by molar-refractivity contribution is 5.83. The molecule has 0 bridgehead atoms. The maximum atomic E-state index is 15.0. The zero-order valence-corrected chi connectivity index (χ0v) is 19.5. The number of halogens is 1. The average molecular weight is 493 g/mol. The minimum Gasteiger partial charge on any atom is -0.481 e. The largest absolute Gasteiger partial charge is 0.481 e. The summed E-state index contributed by atoms with van der Waals surface area (Å²) in [7, 11) is 0. The number of amides is 2. The van der Waals surface area contributed by atoms with Gasteiger partial charge in [0.15, 0.2) is 12.8 Å². The molecule has 2 amide bonds. The van der Waals surface area contributed by atoms with Crippen molar-refractivity contribution in [3.05, 3.63) is 29.6 Å². The summed E-state index contributed by atoms with van der Waals surface area (Å²) >= 11 is 0. The quantitative estimate of drug-likeness (QED) is 0.498. The lowest BCUT2D eigenvalue weighted by molar-refractivity contribution is -0.153. The van der Waals surface area contributed by atoms with E-state index in [9.17, 15) is 24.0 Å². The molecule has 3 atom stereocenters. The lowest BCUT2D eigenvalue weighted by Crippen LogP contribution is -2.50. The van der Waals surface area contributed by atoms with Crippen LogP contribution in [0.2, 0.25) is 0 Å². The number of ether oxygens (including phenoxy) is 2. The molecule has 12 heteroatoms. The SMILES string of the molecule is CC(=O)N[C@@H]1OC(=O)C(c2ccc(N3CCN(C(=O)COC(=O)CCC(=O)O)CC3)c(F)c2)C1C. The van der Waals surface area contributed by atoms with Gasteiger partial charge in [0.1, 0.15) is 5.82 Å². The maximum absolute atomic E-state index is 15.0. The molecule has 0 saturated carbocycles. The fourth-order valence-electron chi connectivity index (χ4n) is 4.18. The Morgan fingerprint density at radius 1 is 1.17 bits per heavy atom. The number of carbonyl (C=O) groups is 5. The molecule has 0 spiro atoms. The maximum Gasteiger partial charge on any atom is 0.315 e. The van der Waals surface area contributed by atoms with E-state index in [0.717, 1.165) is 0 Å². The van der Waals surface area contributed by atoms with Crippen molar-refractivity contribution in [2.45, 2.75) is 38.8 Å². The number of aliphatic carboxylic acids is 1. The fraction of sp³-hybridized carbons (Fsp3) is 0.522. The molecule has 2 saturated heterocycles. The van der Waals surface area contributed by atoms with E-state index >= 15 is 4.39 Å². The smallest absolute Gasteiger partial charge is 0.315 e. The Morgan fingerprint density at radius 2 is 1.86 bits per heavy atom. The Morgan fingerprint density at radius 3 is 2.46 bits per heavy atom. The third kappa shape index (κ3) is 6.46. The molecule has 2 heterocycles. The number of hydrogen-bond donors (Lipinski definition) is 2. The van der Waals surface area contributed by atoms with Gasteiger partial charge in [-0.15, -0.1) is 0 Å². The Hall–Kier alpha value is -3.70. The Labute approximate surface area is 201 Å². The number of carboxylic acids is 1. The van der Waals surface area contributed by atoms with Crippen molar-refractivity contribution in [2.75, 3.05) is 37.7 Å². The molecule has 35 heavy (non-hydrogen) atoms. The van der Waals surface area contributed by atoms with Crippen LogP contribution in [0.3, 0.4) is 0 Å². The van der Waals surface area contributed by atoms with Gasteiger partial charge >= 0.3 is 17.9 Å². The van der Waals surface area contributed by atoms with Crippen LogP contribution in [0.4, 0.5) is 10.1 Å². The van der Waals surface area contributed by atoms with E-state index in [2.05, 4.69) is 5.32 Å². The summed E-state index contributed by atoms with van der Waals surface area (Å²) in [6, 6.07) is 4.53. The van der Waals surface area contributed by atoms with Crippen molar-refractivity contribution < 1.29 is 42.9 Å². The topological polar surface area (TPSA) is 143 Å². The lowest BCUT2D eigenvalue weighted by Gasteiger charge is -2.36. The Balaban J connectivity index is 1.55. The van der Waals surface area contributed by atoms with Gasteiger partial charge in [-0.05, 0) is 17.7 Å². The molecule has 0 aromatic heterocycles. The Kier molecular flexibility index (Phi) is 8.26. The van der Waals surface area contributed by atoms with E-state index < -0.39 is 48.4 Å². The number of carboxylic acid groups (broad SMARTS) is 1. The van der Waals surface area contributed by atoms with Crippen molar-refractivity contribution in [2.24, 2.45) is 5.92 Å². The zero-order chi connectivity index (χ0) is 25.7. The van der Waals surface area contributed by atoms with E-state index in [0.29, 0.717) is 24.3 Å². The minimum atomic E-state index is -1.13. The van der Waals surface area contributed by atoms with E-state index in [4.69, 9.17) is 14.6 Å². The first-order chi connectivity index (χ1) is 16.6. The van der Waals surface area contributed by atoms with Crippen LogP contribution in [0, 0.1) is 11.7 Å². The molecule has 0 radical (unpaired) electrons. The van der Waals surface area contributed by atoms with Crippen LogP contribution in [0.25, 0.3) is 0 Å². The number of carbonyl (C=O) groups excluding carboxylic acids is 4. The first-order valence-corrected chi connectivity index (χ1v) is 11.2. The zero-order valence-electron chi connectivity index (χ0n) is 19.5. The predicted molar refractivity (Wildman–Crippen MR) is 119 cm³/mol. The number of nitrogens with zero attached hydrogens (tertiary/aromatic N) is 2. The van der Waals surface area contributed by atoms with Crippen molar-refractivity contribution in [1.82, 2.24) is 10.2 Å². The molecule has 190 valence electrons. The van der Waals surface area contributed by atoms with Gasteiger partial charge < -0.3 is 29.7 Å². The van der Waals surface area contributed by atoms with E-state index in [1.807, 2.05) is 0 Å². The molecule has 0 aliphatic carbocycles. The summed E-state index contributed by atoms with van der Waals surface area (Å²) in [4.78, 5) is 61.1. The number of nitrogens with one attached hydrogen (secondary N) is 1. The van der Waals surface area contributed by atoms with Gasteiger partial charge in [0.2, 0.25) is 5.91 Å². The summed E-state index contributed by atoms with van der Waals surface area (Å²) in [5.41, 5.74) is 0.786. The normalized spacial score (nSPS) is 21.9. The van der Waals surface area contributed by atoms with E-state index in [-0.39, 0.29) is 37.8 Å².